The summed E-state index contributed by atoms with van der Waals surface area (Å²) in [5, 5.41) is 12.2. The number of fused-ring (bicyclic) bond motifs is 1. The van der Waals surface area contributed by atoms with Gasteiger partial charge in [0.05, 0.1) is 6.34 Å². The average Bonchev–Trinajstić information content (AvgIpc) is 2.97. The molecule has 7 heteroatoms. The lowest BCUT2D eigenvalue weighted by Crippen LogP contribution is -2.41. The summed E-state index contributed by atoms with van der Waals surface area (Å²) >= 11 is 0. The predicted molar refractivity (Wildman–Crippen MR) is 80.3 cm³/mol. The van der Waals surface area contributed by atoms with Gasteiger partial charge in [-0.2, -0.15) is 0 Å². The quantitative estimate of drug-likeness (QED) is 0.842. The fourth-order valence-corrected chi connectivity index (χ4v) is 2.13. The number of aliphatic imine (C=N–C) groups is 4. The van der Waals surface area contributed by atoms with Crippen LogP contribution in [-0.4, -0.2) is 47.5 Å². The number of nitrogens with one attached hydrogen (secondary N) is 1. The van der Waals surface area contributed by atoms with Crippen molar-refractivity contribution in [1.29, 1.82) is 0 Å². The molecule has 0 aliphatic carbocycles. The average molecular weight is 283 g/mol. The molecule has 0 saturated carbocycles. The fraction of sp³-hybridized carbons (Fsp3) is 0.214. The van der Waals surface area contributed by atoms with Gasteiger partial charge < -0.3 is 10.4 Å². The van der Waals surface area contributed by atoms with Crippen molar-refractivity contribution in [3.63, 3.8) is 0 Å². The topological polar surface area (TPSA) is 98.8 Å². The first-order valence-electron chi connectivity index (χ1n) is 6.47. The van der Waals surface area contributed by atoms with Gasteiger partial charge in [0.2, 0.25) is 0 Å². The molecule has 2 heterocycles. The van der Waals surface area contributed by atoms with E-state index in [-0.39, 0.29) is 0 Å². The number of aliphatic carboxylic acids is 1. The van der Waals surface area contributed by atoms with Crippen LogP contribution >= 0.6 is 0 Å². The first kappa shape index (κ1) is 13.2. The molecule has 0 amide bonds. The molecular weight excluding hydrogens is 270 g/mol. The monoisotopic (exact) mass is 283 g/mol. The normalized spacial score (nSPS) is 22.6. The van der Waals surface area contributed by atoms with Gasteiger partial charge in [0, 0.05) is 6.42 Å². The molecule has 1 aromatic carbocycles. The van der Waals surface area contributed by atoms with Crippen molar-refractivity contribution >= 4 is 30.3 Å². The zero-order chi connectivity index (χ0) is 14.7. The van der Waals surface area contributed by atoms with Crippen LogP contribution in [0.2, 0.25) is 0 Å². The van der Waals surface area contributed by atoms with Crippen LogP contribution in [0.1, 0.15) is 5.56 Å². The smallest absolute Gasteiger partial charge is 0.328 e. The number of hydrogen-bond acceptors (Lipinski definition) is 5. The first-order valence-corrected chi connectivity index (χ1v) is 6.47. The van der Waals surface area contributed by atoms with E-state index in [2.05, 4.69) is 25.3 Å². The maximum absolute atomic E-state index is 11.4. The lowest BCUT2D eigenvalue weighted by molar-refractivity contribution is -0.138. The van der Waals surface area contributed by atoms with E-state index in [1.807, 2.05) is 30.3 Å². The highest BCUT2D eigenvalue weighted by Crippen LogP contribution is 2.12. The SMILES string of the molecule is O=C(O)C(Cc1ccccc1)N=C1N=CNC2=NC=NC12. The molecule has 2 aliphatic rings. The predicted octanol–water partition coefficient (Wildman–Crippen LogP) is 0.521. The number of carboxylic acid groups (broad SMARTS) is 1. The van der Waals surface area contributed by atoms with Gasteiger partial charge in [-0.05, 0) is 5.56 Å². The van der Waals surface area contributed by atoms with E-state index in [1.54, 1.807) is 0 Å². The molecule has 0 bridgehead atoms. The fourth-order valence-electron chi connectivity index (χ4n) is 2.13. The Morgan fingerprint density at radius 3 is 2.95 bits per heavy atom. The van der Waals surface area contributed by atoms with E-state index < -0.39 is 18.1 Å². The summed E-state index contributed by atoms with van der Waals surface area (Å²) in [4.78, 5) is 27.9. The second-order valence-corrected chi connectivity index (χ2v) is 4.62. The summed E-state index contributed by atoms with van der Waals surface area (Å²) < 4.78 is 0. The molecule has 2 unspecified atom stereocenters. The van der Waals surface area contributed by atoms with E-state index >= 15 is 0 Å². The Bertz CT molecular complexity index is 663. The van der Waals surface area contributed by atoms with Gasteiger partial charge in [0.25, 0.3) is 0 Å². The first-order chi connectivity index (χ1) is 10.2. The number of rotatable bonds is 4. The second-order valence-electron chi connectivity index (χ2n) is 4.62. The van der Waals surface area contributed by atoms with Crippen molar-refractivity contribution in [3.8, 4) is 0 Å². The molecule has 3 rings (SSSR count). The number of nitrogens with zero attached hydrogens (tertiary/aromatic N) is 4. The standard InChI is InChI=1S/C14H13N5O2/c20-14(21)10(6-9-4-2-1-3-5-9)19-13-11-12(16-7-15-11)17-8-18-13/h1-5,7-8,10-11H,6H2,(H,20,21)(H,15,16,17,18,19). The summed E-state index contributed by atoms with van der Waals surface area (Å²) in [6.45, 7) is 0. The summed E-state index contributed by atoms with van der Waals surface area (Å²) in [7, 11) is 0. The minimum absolute atomic E-state index is 0.311. The lowest BCUT2D eigenvalue weighted by atomic mass is 10.1. The molecule has 0 aromatic heterocycles. The van der Waals surface area contributed by atoms with Crippen molar-refractivity contribution in [2.75, 3.05) is 0 Å². The van der Waals surface area contributed by atoms with Crippen LogP contribution in [0.3, 0.4) is 0 Å². The van der Waals surface area contributed by atoms with Crippen molar-refractivity contribution in [1.82, 2.24) is 5.32 Å². The summed E-state index contributed by atoms with van der Waals surface area (Å²) in [5.41, 5.74) is 0.913. The molecule has 2 aliphatic heterocycles. The third kappa shape index (κ3) is 2.86. The number of hydrogen-bond donors (Lipinski definition) is 2. The van der Waals surface area contributed by atoms with E-state index in [0.29, 0.717) is 18.1 Å². The summed E-state index contributed by atoms with van der Waals surface area (Å²) in [6, 6.07) is 8.07. The van der Waals surface area contributed by atoms with E-state index in [4.69, 9.17) is 0 Å². The van der Waals surface area contributed by atoms with Crippen LogP contribution in [0.15, 0.2) is 50.3 Å². The molecule has 21 heavy (non-hydrogen) atoms. The molecule has 2 atom stereocenters. The van der Waals surface area contributed by atoms with Crippen molar-refractivity contribution < 1.29 is 9.90 Å². The van der Waals surface area contributed by atoms with Crippen LogP contribution in [0.5, 0.6) is 0 Å². The molecule has 0 saturated heterocycles. The van der Waals surface area contributed by atoms with E-state index in [1.165, 1.54) is 12.7 Å². The number of carboxylic acids is 1. The van der Waals surface area contributed by atoms with Crippen molar-refractivity contribution in [3.05, 3.63) is 35.9 Å². The summed E-state index contributed by atoms with van der Waals surface area (Å²) in [6.07, 6.45) is 3.18. The maximum atomic E-state index is 11.4. The Morgan fingerprint density at radius 2 is 2.19 bits per heavy atom. The van der Waals surface area contributed by atoms with Gasteiger partial charge in [-0.1, -0.05) is 30.3 Å². The molecule has 1 aromatic rings. The maximum Gasteiger partial charge on any atom is 0.328 e. The third-order valence-corrected chi connectivity index (χ3v) is 3.17. The number of benzene rings is 1. The Labute approximate surface area is 120 Å². The van der Waals surface area contributed by atoms with E-state index in [9.17, 15) is 9.90 Å². The van der Waals surface area contributed by atoms with E-state index in [0.717, 1.165) is 5.56 Å². The minimum atomic E-state index is -0.986. The van der Waals surface area contributed by atoms with Crippen molar-refractivity contribution in [2.24, 2.45) is 20.0 Å². The highest BCUT2D eigenvalue weighted by atomic mass is 16.4. The lowest BCUT2D eigenvalue weighted by Gasteiger charge is -2.17. The van der Waals surface area contributed by atoms with Gasteiger partial charge in [0.1, 0.15) is 12.2 Å². The Kier molecular flexibility index (Phi) is 3.55. The molecule has 0 radical (unpaired) electrons. The van der Waals surface area contributed by atoms with Gasteiger partial charge in [-0.3, -0.25) is 9.98 Å². The number of carbonyl (C=O) groups is 1. The van der Waals surface area contributed by atoms with Crippen LogP contribution in [-0.2, 0) is 11.2 Å². The second kappa shape index (κ2) is 5.66. The minimum Gasteiger partial charge on any atom is -0.480 e. The molecule has 0 spiro atoms. The zero-order valence-corrected chi connectivity index (χ0v) is 11.0. The van der Waals surface area contributed by atoms with Gasteiger partial charge in [-0.15, -0.1) is 0 Å². The van der Waals surface area contributed by atoms with Crippen LogP contribution < -0.4 is 5.32 Å². The molecule has 2 N–H and O–H groups in total. The highest BCUT2D eigenvalue weighted by molar-refractivity contribution is 6.21. The third-order valence-electron chi connectivity index (χ3n) is 3.17. The molecule has 106 valence electrons. The van der Waals surface area contributed by atoms with Crippen LogP contribution in [0.25, 0.3) is 0 Å². The largest absolute Gasteiger partial charge is 0.480 e. The Morgan fingerprint density at radius 1 is 1.38 bits per heavy atom. The highest BCUT2D eigenvalue weighted by Gasteiger charge is 2.28. The number of amidine groups is 2. The Hall–Kier alpha value is -2.83. The molecular formula is C14H13N5O2. The zero-order valence-electron chi connectivity index (χ0n) is 11.0. The van der Waals surface area contributed by atoms with Gasteiger partial charge in [0.15, 0.2) is 17.9 Å². The molecule has 7 nitrogen and oxygen atoms in total. The van der Waals surface area contributed by atoms with Gasteiger partial charge >= 0.3 is 5.97 Å². The molecule has 0 fully saturated rings. The van der Waals surface area contributed by atoms with Crippen LogP contribution in [0.4, 0.5) is 0 Å². The van der Waals surface area contributed by atoms with Gasteiger partial charge in [-0.25, -0.2) is 14.8 Å². The Balaban J connectivity index is 1.85. The van der Waals surface area contributed by atoms with Crippen LogP contribution in [0, 0.1) is 0 Å². The summed E-state index contributed by atoms with van der Waals surface area (Å²) in [5.74, 6) is -0.00210. The van der Waals surface area contributed by atoms with Crippen molar-refractivity contribution in [2.45, 2.75) is 18.5 Å².